The summed E-state index contributed by atoms with van der Waals surface area (Å²) in [5, 5.41) is 3.88. The molecule has 1 aromatic heterocycles. The summed E-state index contributed by atoms with van der Waals surface area (Å²) in [6.07, 6.45) is 1.39. The summed E-state index contributed by atoms with van der Waals surface area (Å²) in [5.41, 5.74) is 0.892. The van der Waals surface area contributed by atoms with Crippen LogP contribution in [0.2, 0.25) is 0 Å². The van der Waals surface area contributed by atoms with Crippen molar-refractivity contribution in [3.8, 4) is 0 Å². The highest BCUT2D eigenvalue weighted by atomic mass is 16.5. The van der Waals surface area contributed by atoms with Gasteiger partial charge in [0.15, 0.2) is 11.5 Å². The summed E-state index contributed by atoms with van der Waals surface area (Å²) < 4.78 is 22.2. The van der Waals surface area contributed by atoms with Crippen molar-refractivity contribution in [3.05, 3.63) is 17.0 Å². The van der Waals surface area contributed by atoms with Crippen LogP contribution >= 0.6 is 0 Å². The Labute approximate surface area is 137 Å². The van der Waals surface area contributed by atoms with Crippen LogP contribution in [-0.4, -0.2) is 37.1 Å². The van der Waals surface area contributed by atoms with Crippen molar-refractivity contribution in [2.24, 2.45) is 5.41 Å². The minimum Gasteiger partial charge on any atom is -0.461 e. The molecule has 23 heavy (non-hydrogen) atoms. The minimum absolute atomic E-state index is 0.00660. The fraction of sp³-hybridized carbons (Fsp3) is 0.765. The molecule has 6 nitrogen and oxygen atoms in total. The quantitative estimate of drug-likeness (QED) is 0.790. The molecule has 130 valence electrons. The molecule has 1 fully saturated rings. The topological polar surface area (TPSA) is 70.8 Å². The van der Waals surface area contributed by atoms with E-state index in [4.69, 9.17) is 18.7 Å². The molecule has 1 saturated heterocycles. The number of rotatable bonds is 4. The lowest BCUT2D eigenvalue weighted by molar-refractivity contribution is -0.150. The van der Waals surface area contributed by atoms with Crippen molar-refractivity contribution in [1.29, 1.82) is 0 Å². The molecule has 0 N–H and O–H groups in total. The number of ether oxygens (including phenoxy) is 3. The zero-order valence-electron chi connectivity index (χ0n) is 14.8. The van der Waals surface area contributed by atoms with Crippen LogP contribution < -0.4 is 0 Å². The van der Waals surface area contributed by atoms with E-state index in [2.05, 4.69) is 25.9 Å². The molecule has 1 aliphatic rings. The highest BCUT2D eigenvalue weighted by molar-refractivity contribution is 5.88. The second-order valence-electron chi connectivity index (χ2n) is 7.05. The Morgan fingerprint density at radius 3 is 2.61 bits per heavy atom. The molecule has 0 aromatic carbocycles. The summed E-state index contributed by atoms with van der Waals surface area (Å²) in [7, 11) is 1.71. The molecule has 0 radical (unpaired) electrons. The predicted molar refractivity (Wildman–Crippen MR) is 84.3 cm³/mol. The van der Waals surface area contributed by atoms with Gasteiger partial charge >= 0.3 is 5.97 Å². The van der Waals surface area contributed by atoms with Gasteiger partial charge in [0.1, 0.15) is 6.10 Å². The third-order valence-electron chi connectivity index (χ3n) is 4.30. The molecular formula is C17H27NO5. The Morgan fingerprint density at radius 2 is 2.04 bits per heavy atom. The molecule has 0 saturated carbocycles. The second-order valence-corrected chi connectivity index (χ2v) is 7.05. The lowest BCUT2D eigenvalue weighted by Gasteiger charge is -2.40. The highest BCUT2D eigenvalue weighted by Crippen LogP contribution is 2.40. The molecule has 0 spiro atoms. The van der Waals surface area contributed by atoms with E-state index < -0.39 is 5.97 Å². The normalized spacial score (nSPS) is 25.4. The Balaban J connectivity index is 2.24. The molecular weight excluding hydrogens is 298 g/mol. The largest absolute Gasteiger partial charge is 0.461 e. The Morgan fingerprint density at radius 1 is 1.35 bits per heavy atom. The van der Waals surface area contributed by atoms with E-state index in [1.54, 1.807) is 14.0 Å². The smallest absolute Gasteiger partial charge is 0.360 e. The van der Waals surface area contributed by atoms with Gasteiger partial charge in [0.2, 0.25) is 0 Å². The predicted octanol–water partition coefficient (Wildman–Crippen LogP) is 3.44. The Hall–Kier alpha value is -1.40. The monoisotopic (exact) mass is 325 g/mol. The third-order valence-corrected chi connectivity index (χ3v) is 4.30. The van der Waals surface area contributed by atoms with Gasteiger partial charge in [0.05, 0.1) is 18.8 Å². The van der Waals surface area contributed by atoms with E-state index in [0.717, 1.165) is 6.42 Å². The van der Waals surface area contributed by atoms with E-state index in [1.165, 1.54) is 0 Å². The van der Waals surface area contributed by atoms with Gasteiger partial charge < -0.3 is 18.7 Å². The first-order valence-corrected chi connectivity index (χ1v) is 8.09. The van der Waals surface area contributed by atoms with E-state index in [-0.39, 0.29) is 29.4 Å². The van der Waals surface area contributed by atoms with Gasteiger partial charge in [-0.15, -0.1) is 0 Å². The van der Waals surface area contributed by atoms with Gasteiger partial charge in [-0.2, -0.15) is 0 Å². The first-order chi connectivity index (χ1) is 10.8. The van der Waals surface area contributed by atoms with Crippen LogP contribution in [0.1, 0.15) is 68.5 Å². The molecule has 6 heteroatoms. The van der Waals surface area contributed by atoms with Crippen LogP contribution in [0.25, 0.3) is 0 Å². The van der Waals surface area contributed by atoms with Crippen molar-refractivity contribution >= 4 is 5.97 Å². The molecule has 1 aromatic rings. The van der Waals surface area contributed by atoms with E-state index in [9.17, 15) is 4.79 Å². The summed E-state index contributed by atoms with van der Waals surface area (Å²) in [4.78, 5) is 11.9. The molecule has 2 heterocycles. The number of carbonyl (C=O) groups is 1. The van der Waals surface area contributed by atoms with E-state index >= 15 is 0 Å². The maximum absolute atomic E-state index is 11.9. The summed E-state index contributed by atoms with van der Waals surface area (Å²) in [6, 6.07) is 0. The molecule has 1 aliphatic heterocycles. The van der Waals surface area contributed by atoms with Crippen LogP contribution in [-0.2, 0) is 14.2 Å². The highest BCUT2D eigenvalue weighted by Gasteiger charge is 2.39. The van der Waals surface area contributed by atoms with Gasteiger partial charge in [-0.3, -0.25) is 0 Å². The van der Waals surface area contributed by atoms with Gasteiger partial charge in [0, 0.05) is 25.5 Å². The Kier molecular flexibility index (Phi) is 5.47. The first-order valence-electron chi connectivity index (χ1n) is 8.09. The number of carbonyl (C=O) groups excluding carboxylic acids is 1. The average Bonchev–Trinajstić information content (AvgIpc) is 2.88. The minimum atomic E-state index is -0.466. The fourth-order valence-corrected chi connectivity index (χ4v) is 2.84. The van der Waals surface area contributed by atoms with Crippen LogP contribution in [0.15, 0.2) is 4.52 Å². The van der Waals surface area contributed by atoms with Gasteiger partial charge in [-0.05, 0) is 19.3 Å². The van der Waals surface area contributed by atoms with Crippen LogP contribution in [0, 0.1) is 12.3 Å². The molecule has 0 bridgehead atoms. The number of hydrogen-bond acceptors (Lipinski definition) is 6. The van der Waals surface area contributed by atoms with Crippen molar-refractivity contribution < 1.29 is 23.5 Å². The van der Waals surface area contributed by atoms with E-state index in [1.807, 2.05) is 6.92 Å². The second kappa shape index (κ2) is 7.01. The number of esters is 1. The molecule has 0 aliphatic carbocycles. The maximum atomic E-state index is 11.9. The van der Waals surface area contributed by atoms with Gasteiger partial charge in [-0.1, -0.05) is 25.9 Å². The first kappa shape index (κ1) is 17.9. The fourth-order valence-electron chi connectivity index (χ4n) is 2.84. The van der Waals surface area contributed by atoms with Crippen LogP contribution in [0.4, 0.5) is 0 Å². The van der Waals surface area contributed by atoms with Crippen molar-refractivity contribution in [1.82, 2.24) is 5.16 Å². The number of methoxy groups -OCH3 is 1. The molecule has 2 rings (SSSR count). The van der Waals surface area contributed by atoms with Gasteiger partial charge in [-0.25, -0.2) is 4.79 Å². The molecule has 0 unspecified atom stereocenters. The van der Waals surface area contributed by atoms with Crippen molar-refractivity contribution in [3.63, 3.8) is 0 Å². The zero-order valence-corrected chi connectivity index (χ0v) is 14.8. The lowest BCUT2D eigenvalue weighted by Crippen LogP contribution is -2.40. The third kappa shape index (κ3) is 3.93. The zero-order chi connectivity index (χ0) is 17.2. The van der Waals surface area contributed by atoms with Crippen molar-refractivity contribution in [2.45, 2.75) is 65.8 Å². The lowest BCUT2D eigenvalue weighted by atomic mass is 9.82. The Bertz CT molecular complexity index is 546. The molecule has 0 amide bonds. The average molecular weight is 325 g/mol. The summed E-state index contributed by atoms with van der Waals surface area (Å²) in [6.45, 7) is 10.3. The SMILES string of the molecule is CCOC(=O)c1noc([C@H]2C[C@H](OC)C[C@@H](C(C)(C)C)O2)c1C. The summed E-state index contributed by atoms with van der Waals surface area (Å²) in [5.74, 6) is 0.121. The van der Waals surface area contributed by atoms with E-state index in [0.29, 0.717) is 24.4 Å². The van der Waals surface area contributed by atoms with Crippen molar-refractivity contribution in [2.75, 3.05) is 13.7 Å². The molecule has 3 atom stereocenters. The standard InChI is InChI=1S/C17H27NO5/c1-7-21-16(19)14-10(2)15(23-18-14)12-8-11(20-6)9-13(22-12)17(3,4)5/h11-13H,7-9H2,1-6H3/t11-,12+,13-/m0/s1. The summed E-state index contributed by atoms with van der Waals surface area (Å²) >= 11 is 0. The number of aromatic nitrogens is 1. The number of hydrogen-bond donors (Lipinski definition) is 0. The van der Waals surface area contributed by atoms with Crippen LogP contribution in [0.5, 0.6) is 0 Å². The maximum Gasteiger partial charge on any atom is 0.360 e. The van der Waals surface area contributed by atoms with Gasteiger partial charge in [0.25, 0.3) is 0 Å². The van der Waals surface area contributed by atoms with Crippen LogP contribution in [0.3, 0.4) is 0 Å². The number of nitrogens with zero attached hydrogens (tertiary/aromatic N) is 1.